The van der Waals surface area contributed by atoms with Crippen LogP contribution in [0.2, 0.25) is 0 Å². The van der Waals surface area contributed by atoms with E-state index in [9.17, 15) is 4.39 Å². The summed E-state index contributed by atoms with van der Waals surface area (Å²) in [5.41, 5.74) is 9.71. The summed E-state index contributed by atoms with van der Waals surface area (Å²) in [4.78, 5) is 7.49. The van der Waals surface area contributed by atoms with Crippen LogP contribution in [0.5, 0.6) is 0 Å². The lowest BCUT2D eigenvalue weighted by Crippen LogP contribution is -2.18. The second kappa shape index (κ2) is 6.19. The maximum Gasteiger partial charge on any atom is 0.132 e. The zero-order chi connectivity index (χ0) is 14.8. The third kappa shape index (κ3) is 2.98. The Morgan fingerprint density at radius 3 is 2.90 bits per heavy atom. The van der Waals surface area contributed by atoms with E-state index in [2.05, 4.69) is 9.88 Å². The molecule has 0 saturated heterocycles. The fourth-order valence-electron chi connectivity index (χ4n) is 2.47. The molecule has 2 aromatic heterocycles. The van der Waals surface area contributed by atoms with Gasteiger partial charge < -0.3 is 5.73 Å². The predicted molar refractivity (Wildman–Crippen MR) is 87.0 cm³/mol. The standard InChI is InChI=1S/C15H16FN3S2/c1-19(6-10-8-20-9-18-10)7-11-14(5-17)21-13-4-2-3-12(16)15(11)13/h2-4,8-9H,5-7,17H2,1H3. The normalized spacial score (nSPS) is 11.6. The Bertz CT molecular complexity index is 737. The highest BCUT2D eigenvalue weighted by Gasteiger charge is 2.16. The van der Waals surface area contributed by atoms with Gasteiger partial charge in [-0.2, -0.15) is 0 Å². The molecule has 0 spiro atoms. The van der Waals surface area contributed by atoms with Crippen molar-refractivity contribution in [3.05, 3.63) is 51.0 Å². The third-order valence-corrected chi connectivity index (χ3v) is 5.23. The molecule has 6 heteroatoms. The van der Waals surface area contributed by atoms with E-state index in [4.69, 9.17) is 5.73 Å². The minimum Gasteiger partial charge on any atom is -0.326 e. The molecular weight excluding hydrogens is 305 g/mol. The van der Waals surface area contributed by atoms with E-state index in [1.54, 1.807) is 28.7 Å². The van der Waals surface area contributed by atoms with Gasteiger partial charge in [0.1, 0.15) is 5.82 Å². The number of aromatic nitrogens is 1. The smallest absolute Gasteiger partial charge is 0.132 e. The van der Waals surface area contributed by atoms with Crippen LogP contribution in [0.4, 0.5) is 4.39 Å². The number of thiophene rings is 1. The maximum absolute atomic E-state index is 14.2. The molecule has 3 nitrogen and oxygen atoms in total. The number of hydrogen-bond acceptors (Lipinski definition) is 5. The molecule has 2 N–H and O–H groups in total. The Hall–Kier alpha value is -1.34. The fourth-order valence-corrected chi connectivity index (χ4v) is 4.12. The molecule has 21 heavy (non-hydrogen) atoms. The summed E-state index contributed by atoms with van der Waals surface area (Å²) in [5.74, 6) is -0.166. The van der Waals surface area contributed by atoms with E-state index in [1.165, 1.54) is 6.07 Å². The van der Waals surface area contributed by atoms with Gasteiger partial charge in [-0.15, -0.1) is 22.7 Å². The van der Waals surface area contributed by atoms with Crippen molar-refractivity contribution in [3.8, 4) is 0 Å². The van der Waals surface area contributed by atoms with Gasteiger partial charge >= 0.3 is 0 Å². The molecule has 0 radical (unpaired) electrons. The first-order valence-corrected chi connectivity index (χ1v) is 8.39. The van der Waals surface area contributed by atoms with Gasteiger partial charge in [-0.05, 0) is 24.7 Å². The largest absolute Gasteiger partial charge is 0.326 e. The average Bonchev–Trinajstić information content (AvgIpc) is 3.07. The molecule has 3 aromatic rings. The Morgan fingerprint density at radius 1 is 1.33 bits per heavy atom. The van der Waals surface area contributed by atoms with Crippen molar-refractivity contribution in [1.82, 2.24) is 9.88 Å². The van der Waals surface area contributed by atoms with Gasteiger partial charge in [-0.3, -0.25) is 4.90 Å². The minimum atomic E-state index is -0.166. The predicted octanol–water partition coefficient (Wildman–Crippen LogP) is 3.59. The van der Waals surface area contributed by atoms with Gasteiger partial charge in [0, 0.05) is 40.0 Å². The summed E-state index contributed by atoms with van der Waals surface area (Å²) in [6.45, 7) is 1.86. The van der Waals surface area contributed by atoms with Crippen LogP contribution in [0.3, 0.4) is 0 Å². The third-order valence-electron chi connectivity index (χ3n) is 3.38. The maximum atomic E-state index is 14.2. The molecule has 3 rings (SSSR count). The van der Waals surface area contributed by atoms with Crippen molar-refractivity contribution in [2.24, 2.45) is 5.73 Å². The second-order valence-corrected chi connectivity index (χ2v) is 6.83. The van der Waals surface area contributed by atoms with Crippen molar-refractivity contribution >= 4 is 32.8 Å². The Kier molecular flexibility index (Phi) is 4.30. The van der Waals surface area contributed by atoms with Crippen LogP contribution in [-0.4, -0.2) is 16.9 Å². The molecule has 0 unspecified atom stereocenters. The van der Waals surface area contributed by atoms with Crippen LogP contribution < -0.4 is 5.73 Å². The van der Waals surface area contributed by atoms with Crippen molar-refractivity contribution in [3.63, 3.8) is 0 Å². The lowest BCUT2D eigenvalue weighted by atomic mass is 10.1. The summed E-state index contributed by atoms with van der Waals surface area (Å²) in [6, 6.07) is 5.21. The van der Waals surface area contributed by atoms with Gasteiger partial charge in [-0.1, -0.05) is 6.07 Å². The molecule has 2 heterocycles. The molecule has 0 aliphatic rings. The summed E-state index contributed by atoms with van der Waals surface area (Å²) < 4.78 is 15.1. The van der Waals surface area contributed by atoms with Crippen LogP contribution in [0, 0.1) is 5.82 Å². The van der Waals surface area contributed by atoms with Crippen molar-refractivity contribution < 1.29 is 4.39 Å². The molecule has 0 bridgehead atoms. The number of nitrogens with zero attached hydrogens (tertiary/aromatic N) is 2. The quantitative estimate of drug-likeness (QED) is 0.781. The van der Waals surface area contributed by atoms with E-state index in [1.807, 2.05) is 24.0 Å². The highest BCUT2D eigenvalue weighted by molar-refractivity contribution is 7.19. The fraction of sp³-hybridized carbons (Fsp3) is 0.267. The van der Waals surface area contributed by atoms with Crippen LogP contribution >= 0.6 is 22.7 Å². The van der Waals surface area contributed by atoms with Crippen molar-refractivity contribution in [2.45, 2.75) is 19.6 Å². The number of halogens is 1. The molecule has 0 amide bonds. The van der Waals surface area contributed by atoms with E-state index in [-0.39, 0.29) is 5.82 Å². The van der Waals surface area contributed by atoms with E-state index in [0.717, 1.165) is 27.4 Å². The Labute approximate surface area is 130 Å². The number of nitrogens with two attached hydrogens (primary N) is 1. The van der Waals surface area contributed by atoms with Gasteiger partial charge in [0.05, 0.1) is 11.2 Å². The van der Waals surface area contributed by atoms with Crippen LogP contribution in [0.15, 0.2) is 29.1 Å². The summed E-state index contributed by atoms with van der Waals surface area (Å²) in [5, 5.41) is 2.75. The number of rotatable bonds is 5. The average molecular weight is 321 g/mol. The second-order valence-electron chi connectivity index (χ2n) is 4.97. The van der Waals surface area contributed by atoms with Gasteiger partial charge in [-0.25, -0.2) is 9.37 Å². The number of fused-ring (bicyclic) bond motifs is 1. The van der Waals surface area contributed by atoms with E-state index >= 15 is 0 Å². The summed E-state index contributed by atoms with van der Waals surface area (Å²) in [6.07, 6.45) is 0. The molecule has 110 valence electrons. The van der Waals surface area contributed by atoms with Gasteiger partial charge in [0.15, 0.2) is 0 Å². The molecule has 0 atom stereocenters. The highest BCUT2D eigenvalue weighted by Crippen LogP contribution is 2.33. The zero-order valence-electron chi connectivity index (χ0n) is 11.7. The van der Waals surface area contributed by atoms with E-state index < -0.39 is 0 Å². The molecule has 0 aliphatic carbocycles. The van der Waals surface area contributed by atoms with Gasteiger partial charge in [0.2, 0.25) is 0 Å². The monoisotopic (exact) mass is 321 g/mol. The highest BCUT2D eigenvalue weighted by atomic mass is 32.1. The molecule has 0 saturated carbocycles. The Balaban J connectivity index is 1.92. The first-order chi connectivity index (χ1) is 10.2. The Morgan fingerprint density at radius 2 is 2.19 bits per heavy atom. The van der Waals surface area contributed by atoms with Crippen molar-refractivity contribution in [1.29, 1.82) is 0 Å². The topological polar surface area (TPSA) is 42.2 Å². The van der Waals surface area contributed by atoms with Crippen LogP contribution in [-0.2, 0) is 19.6 Å². The van der Waals surface area contributed by atoms with Crippen molar-refractivity contribution in [2.75, 3.05) is 7.05 Å². The number of benzene rings is 1. The lowest BCUT2D eigenvalue weighted by Gasteiger charge is -2.16. The van der Waals surface area contributed by atoms with E-state index in [0.29, 0.717) is 18.5 Å². The lowest BCUT2D eigenvalue weighted by molar-refractivity contribution is 0.316. The van der Waals surface area contributed by atoms with Crippen LogP contribution in [0.25, 0.3) is 10.1 Å². The minimum absolute atomic E-state index is 0.166. The molecular formula is C15H16FN3S2. The first kappa shape index (κ1) is 14.6. The first-order valence-electron chi connectivity index (χ1n) is 6.63. The summed E-state index contributed by atoms with van der Waals surface area (Å²) >= 11 is 3.17. The number of thiazole rings is 1. The zero-order valence-corrected chi connectivity index (χ0v) is 13.3. The van der Waals surface area contributed by atoms with Crippen LogP contribution in [0.1, 0.15) is 16.1 Å². The SMILES string of the molecule is CN(Cc1cscn1)Cc1c(CN)sc2cccc(F)c12. The van der Waals surface area contributed by atoms with Gasteiger partial charge in [0.25, 0.3) is 0 Å². The number of hydrogen-bond donors (Lipinski definition) is 1. The summed E-state index contributed by atoms with van der Waals surface area (Å²) in [7, 11) is 2.02. The molecule has 1 aromatic carbocycles. The molecule has 0 aliphatic heterocycles. The molecule has 0 fully saturated rings.